The van der Waals surface area contributed by atoms with E-state index in [-0.39, 0.29) is 11.8 Å². The zero-order valence-corrected chi connectivity index (χ0v) is 11.2. The molecule has 0 aliphatic carbocycles. The number of benzene rings is 1. The van der Waals surface area contributed by atoms with Gasteiger partial charge in [-0.05, 0) is 47.5 Å². The minimum atomic E-state index is -0.453. The van der Waals surface area contributed by atoms with Gasteiger partial charge in [0.2, 0.25) is 5.91 Å². The van der Waals surface area contributed by atoms with Crippen LogP contribution in [0.15, 0.2) is 30.6 Å². The second-order valence-corrected chi connectivity index (χ2v) is 4.76. The highest BCUT2D eigenvalue weighted by Crippen LogP contribution is 2.09. The first-order valence-electron chi connectivity index (χ1n) is 6.66. The Morgan fingerprint density at radius 3 is 2.81 bits per heavy atom. The van der Waals surface area contributed by atoms with Gasteiger partial charge in [-0.1, -0.05) is 0 Å². The number of carbonyl (C=O) groups is 2. The molecule has 2 N–H and O–H groups in total. The molecule has 8 heteroatoms. The molecule has 0 saturated carbocycles. The first-order chi connectivity index (χ1) is 10.2. The number of rotatable bonds is 3. The third kappa shape index (κ3) is 2.88. The van der Waals surface area contributed by atoms with Crippen molar-refractivity contribution >= 4 is 11.8 Å². The molecule has 3 rings (SSSR count). The third-order valence-electron chi connectivity index (χ3n) is 3.33. The Hall–Kier alpha value is -2.77. The van der Waals surface area contributed by atoms with Gasteiger partial charge >= 0.3 is 0 Å². The highest BCUT2D eigenvalue weighted by Gasteiger charge is 2.23. The van der Waals surface area contributed by atoms with Crippen LogP contribution in [0.3, 0.4) is 0 Å². The lowest BCUT2D eigenvalue weighted by Gasteiger charge is -2.22. The summed E-state index contributed by atoms with van der Waals surface area (Å²) in [5, 5.41) is 16.3. The van der Waals surface area contributed by atoms with Crippen LogP contribution < -0.4 is 10.6 Å². The Morgan fingerprint density at radius 2 is 2.14 bits per heavy atom. The van der Waals surface area contributed by atoms with Gasteiger partial charge in [0.15, 0.2) is 0 Å². The topological polar surface area (TPSA) is 102 Å². The quantitative estimate of drug-likeness (QED) is 0.804. The van der Waals surface area contributed by atoms with Gasteiger partial charge in [-0.2, -0.15) is 0 Å². The second kappa shape index (κ2) is 5.70. The minimum Gasteiger partial charge on any atom is -0.354 e. The van der Waals surface area contributed by atoms with Gasteiger partial charge in [0.1, 0.15) is 12.4 Å². The molecule has 1 atom stereocenters. The van der Waals surface area contributed by atoms with E-state index in [1.165, 1.54) is 11.0 Å². The van der Waals surface area contributed by atoms with Crippen LogP contribution in [-0.4, -0.2) is 44.6 Å². The van der Waals surface area contributed by atoms with Crippen molar-refractivity contribution in [2.24, 2.45) is 0 Å². The minimum absolute atomic E-state index is 0.125. The monoisotopic (exact) mass is 286 g/mol. The Balaban J connectivity index is 1.69. The molecule has 0 bridgehead atoms. The Morgan fingerprint density at radius 1 is 1.33 bits per heavy atom. The van der Waals surface area contributed by atoms with Gasteiger partial charge < -0.3 is 10.6 Å². The molecule has 2 amide bonds. The van der Waals surface area contributed by atoms with Crippen molar-refractivity contribution < 1.29 is 9.59 Å². The van der Waals surface area contributed by atoms with Crippen molar-refractivity contribution in [3.8, 4) is 5.69 Å². The van der Waals surface area contributed by atoms with Crippen LogP contribution in [0.1, 0.15) is 23.2 Å². The second-order valence-electron chi connectivity index (χ2n) is 4.76. The summed E-state index contributed by atoms with van der Waals surface area (Å²) >= 11 is 0. The molecular weight excluding hydrogens is 272 g/mol. The number of hydrogen-bond acceptors (Lipinski definition) is 5. The van der Waals surface area contributed by atoms with E-state index in [1.54, 1.807) is 24.3 Å². The van der Waals surface area contributed by atoms with Crippen molar-refractivity contribution in [3.63, 3.8) is 0 Å². The number of hydrogen-bond donors (Lipinski definition) is 2. The maximum absolute atomic E-state index is 12.1. The van der Waals surface area contributed by atoms with Crippen LogP contribution in [0.25, 0.3) is 5.69 Å². The predicted octanol–water partition coefficient (Wildman–Crippen LogP) is -0.329. The van der Waals surface area contributed by atoms with Gasteiger partial charge in [0, 0.05) is 12.1 Å². The van der Waals surface area contributed by atoms with E-state index in [1.807, 2.05) is 0 Å². The molecule has 1 saturated heterocycles. The van der Waals surface area contributed by atoms with E-state index in [9.17, 15) is 9.59 Å². The molecule has 1 aliphatic rings. The van der Waals surface area contributed by atoms with Crippen molar-refractivity contribution in [1.29, 1.82) is 0 Å². The predicted molar refractivity (Wildman–Crippen MR) is 72.7 cm³/mol. The van der Waals surface area contributed by atoms with Crippen LogP contribution in [0.2, 0.25) is 0 Å². The maximum atomic E-state index is 12.1. The summed E-state index contributed by atoms with van der Waals surface area (Å²) in [6.45, 7) is 0.672. The number of nitrogens with one attached hydrogen (secondary N) is 2. The zero-order chi connectivity index (χ0) is 14.7. The average molecular weight is 286 g/mol. The summed E-state index contributed by atoms with van der Waals surface area (Å²) in [5.74, 6) is -0.389. The van der Waals surface area contributed by atoms with Gasteiger partial charge in [0.25, 0.3) is 5.91 Å². The van der Waals surface area contributed by atoms with E-state index in [2.05, 4.69) is 26.2 Å². The fraction of sp³-hybridized carbons (Fsp3) is 0.308. The molecule has 1 aliphatic heterocycles. The normalized spacial score (nSPS) is 18.1. The first kappa shape index (κ1) is 13.2. The highest BCUT2D eigenvalue weighted by atomic mass is 16.2. The van der Waals surface area contributed by atoms with E-state index in [0.29, 0.717) is 18.5 Å². The number of tetrazole rings is 1. The van der Waals surface area contributed by atoms with Gasteiger partial charge in [-0.3, -0.25) is 9.59 Å². The molecule has 1 aromatic heterocycles. The van der Waals surface area contributed by atoms with Crippen LogP contribution in [-0.2, 0) is 4.79 Å². The standard InChI is InChI=1S/C13H14N6O2/c20-12(16-11-2-1-7-14-13(11)21)9-3-5-10(6-4-9)19-8-15-17-18-19/h3-6,8,11H,1-2,7H2,(H,14,21)(H,16,20)/t11-/m1/s1. The van der Waals surface area contributed by atoms with Gasteiger partial charge in [-0.25, -0.2) is 4.68 Å². The Labute approximate surface area is 120 Å². The van der Waals surface area contributed by atoms with E-state index >= 15 is 0 Å². The molecule has 21 heavy (non-hydrogen) atoms. The largest absolute Gasteiger partial charge is 0.354 e. The lowest BCUT2D eigenvalue weighted by atomic mass is 10.1. The van der Waals surface area contributed by atoms with Crippen molar-refractivity contribution in [2.75, 3.05) is 6.54 Å². The third-order valence-corrected chi connectivity index (χ3v) is 3.33. The van der Waals surface area contributed by atoms with Crippen LogP contribution in [0, 0.1) is 0 Å². The molecule has 0 radical (unpaired) electrons. The van der Waals surface area contributed by atoms with Crippen LogP contribution in [0.4, 0.5) is 0 Å². The first-order valence-corrected chi connectivity index (χ1v) is 6.66. The van der Waals surface area contributed by atoms with Gasteiger partial charge in [0.05, 0.1) is 5.69 Å². The Bertz CT molecular complexity index is 637. The zero-order valence-electron chi connectivity index (χ0n) is 11.2. The van der Waals surface area contributed by atoms with Crippen LogP contribution >= 0.6 is 0 Å². The fourth-order valence-electron chi connectivity index (χ4n) is 2.20. The van der Waals surface area contributed by atoms with E-state index < -0.39 is 6.04 Å². The number of aromatic nitrogens is 4. The number of carbonyl (C=O) groups excluding carboxylic acids is 2. The van der Waals surface area contributed by atoms with Crippen molar-refractivity contribution in [2.45, 2.75) is 18.9 Å². The summed E-state index contributed by atoms with van der Waals surface area (Å²) in [4.78, 5) is 23.7. The van der Waals surface area contributed by atoms with E-state index in [4.69, 9.17) is 0 Å². The molecule has 8 nitrogen and oxygen atoms in total. The van der Waals surface area contributed by atoms with Crippen molar-refractivity contribution in [3.05, 3.63) is 36.2 Å². The Kier molecular flexibility index (Phi) is 3.59. The maximum Gasteiger partial charge on any atom is 0.251 e. The average Bonchev–Trinajstić information content (AvgIpc) is 3.04. The smallest absolute Gasteiger partial charge is 0.251 e. The van der Waals surface area contributed by atoms with Crippen LogP contribution in [0.5, 0.6) is 0 Å². The molecule has 108 valence electrons. The SMILES string of the molecule is O=C(N[C@@H]1CCCNC1=O)c1ccc(-n2cnnn2)cc1. The molecule has 2 aromatic rings. The summed E-state index contributed by atoms with van der Waals surface area (Å²) in [6.07, 6.45) is 3.01. The summed E-state index contributed by atoms with van der Waals surface area (Å²) < 4.78 is 1.50. The lowest BCUT2D eigenvalue weighted by Crippen LogP contribution is -2.50. The lowest BCUT2D eigenvalue weighted by molar-refractivity contribution is -0.124. The molecule has 1 aromatic carbocycles. The summed E-state index contributed by atoms with van der Waals surface area (Å²) in [5.41, 5.74) is 1.25. The number of nitrogens with zero attached hydrogens (tertiary/aromatic N) is 4. The molecular formula is C13H14N6O2. The highest BCUT2D eigenvalue weighted by molar-refractivity contribution is 5.97. The number of amides is 2. The molecule has 2 heterocycles. The molecule has 1 fully saturated rings. The fourth-order valence-corrected chi connectivity index (χ4v) is 2.20. The number of piperidine rings is 1. The van der Waals surface area contributed by atoms with E-state index in [0.717, 1.165) is 12.1 Å². The van der Waals surface area contributed by atoms with Gasteiger partial charge in [-0.15, -0.1) is 5.10 Å². The summed E-state index contributed by atoms with van der Waals surface area (Å²) in [7, 11) is 0. The summed E-state index contributed by atoms with van der Waals surface area (Å²) in [6, 6.07) is 6.38. The van der Waals surface area contributed by atoms with Crippen molar-refractivity contribution in [1.82, 2.24) is 30.8 Å². The molecule has 0 spiro atoms. The molecule has 0 unspecified atom stereocenters.